The number of nitrogens with zero attached hydrogens (tertiary/aromatic N) is 1. The number of aliphatic imine (C=N–C) groups is 1. The molecule has 0 aliphatic carbocycles. The lowest BCUT2D eigenvalue weighted by Crippen LogP contribution is -2.14. The van der Waals surface area contributed by atoms with E-state index in [9.17, 15) is 0 Å². The van der Waals surface area contributed by atoms with Crippen LogP contribution in [0.15, 0.2) is 4.99 Å². The summed E-state index contributed by atoms with van der Waals surface area (Å²) < 4.78 is 0. The second kappa shape index (κ2) is 5.91. The highest BCUT2D eigenvalue weighted by Gasteiger charge is 1.88. The molecule has 54 valence electrons. The van der Waals surface area contributed by atoms with Gasteiger partial charge in [-0.3, -0.25) is 4.99 Å². The molecule has 0 spiro atoms. The Balaban J connectivity index is 3.07. The van der Waals surface area contributed by atoms with Crippen molar-refractivity contribution >= 4 is 16.9 Å². The number of hydrogen-bond acceptors (Lipinski definition) is 3. The summed E-state index contributed by atoms with van der Waals surface area (Å²) in [4.78, 5) is 3.79. The van der Waals surface area contributed by atoms with Crippen molar-refractivity contribution in [3.63, 3.8) is 0 Å². The van der Waals surface area contributed by atoms with Crippen LogP contribution >= 0.6 is 11.8 Å². The van der Waals surface area contributed by atoms with Crippen molar-refractivity contribution in [1.82, 2.24) is 5.32 Å². The van der Waals surface area contributed by atoms with Crippen molar-refractivity contribution < 1.29 is 0 Å². The lowest BCUT2D eigenvalue weighted by atomic mass is 10.8. The molecule has 3 nitrogen and oxygen atoms in total. The third kappa shape index (κ3) is 5.65. The van der Waals surface area contributed by atoms with Crippen LogP contribution in [-0.2, 0) is 0 Å². The van der Waals surface area contributed by atoms with Gasteiger partial charge in [-0.05, 0) is 7.05 Å². The number of amidine groups is 1. The fourth-order valence-corrected chi connectivity index (χ4v) is 0.967. The summed E-state index contributed by atoms with van der Waals surface area (Å²) >= 11 is 1.57. The highest BCUT2D eigenvalue weighted by Crippen LogP contribution is 1.95. The van der Waals surface area contributed by atoms with Crippen LogP contribution in [0.5, 0.6) is 0 Å². The molecule has 0 aromatic rings. The normalized spacial score (nSPS) is 12.0. The molecular formula is C5H13N3S. The maximum atomic E-state index is 5.40. The van der Waals surface area contributed by atoms with Crippen molar-refractivity contribution in [2.75, 3.05) is 26.4 Å². The van der Waals surface area contributed by atoms with Gasteiger partial charge in [0.25, 0.3) is 0 Å². The van der Waals surface area contributed by atoms with Gasteiger partial charge in [0.1, 0.15) is 0 Å². The lowest BCUT2D eigenvalue weighted by Gasteiger charge is -1.96. The SMILES string of the molecule is CN=C(N)SCCNC. The number of rotatable bonds is 3. The molecule has 0 aromatic carbocycles. The minimum absolute atomic E-state index is 0.658. The molecule has 0 atom stereocenters. The van der Waals surface area contributed by atoms with Gasteiger partial charge in [-0.2, -0.15) is 0 Å². The Labute approximate surface area is 60.1 Å². The van der Waals surface area contributed by atoms with Gasteiger partial charge >= 0.3 is 0 Å². The van der Waals surface area contributed by atoms with E-state index in [0.717, 1.165) is 12.3 Å². The van der Waals surface area contributed by atoms with E-state index < -0.39 is 0 Å². The number of hydrogen-bond donors (Lipinski definition) is 2. The molecule has 0 heterocycles. The van der Waals surface area contributed by atoms with Gasteiger partial charge in [-0.1, -0.05) is 11.8 Å². The van der Waals surface area contributed by atoms with Crippen LogP contribution in [0.1, 0.15) is 0 Å². The van der Waals surface area contributed by atoms with Crippen molar-refractivity contribution in [2.45, 2.75) is 0 Å². The molecule has 0 saturated heterocycles. The van der Waals surface area contributed by atoms with Crippen LogP contribution < -0.4 is 11.1 Å². The molecule has 0 aliphatic heterocycles. The number of nitrogens with two attached hydrogens (primary N) is 1. The minimum Gasteiger partial charge on any atom is -0.379 e. The van der Waals surface area contributed by atoms with E-state index in [4.69, 9.17) is 5.73 Å². The molecule has 9 heavy (non-hydrogen) atoms. The molecule has 0 fully saturated rings. The maximum absolute atomic E-state index is 5.40. The summed E-state index contributed by atoms with van der Waals surface area (Å²) in [6, 6.07) is 0. The van der Waals surface area contributed by atoms with Crippen molar-refractivity contribution in [3.8, 4) is 0 Å². The molecular weight excluding hydrogens is 134 g/mol. The number of thioether (sulfide) groups is 1. The Hall–Kier alpha value is -0.220. The van der Waals surface area contributed by atoms with Gasteiger partial charge in [0, 0.05) is 19.3 Å². The molecule has 0 amide bonds. The van der Waals surface area contributed by atoms with Crippen molar-refractivity contribution in [3.05, 3.63) is 0 Å². The quantitative estimate of drug-likeness (QED) is 0.332. The Bertz CT molecular complexity index is 92.2. The first-order valence-corrected chi connectivity index (χ1v) is 3.79. The predicted molar refractivity (Wildman–Crippen MR) is 43.9 cm³/mol. The first-order valence-electron chi connectivity index (χ1n) is 2.81. The third-order valence-corrected chi connectivity index (χ3v) is 1.71. The van der Waals surface area contributed by atoms with Crippen LogP contribution in [0.25, 0.3) is 0 Å². The average Bonchev–Trinajstić information content (AvgIpc) is 1.89. The minimum atomic E-state index is 0.658. The largest absolute Gasteiger partial charge is 0.379 e. The highest BCUT2D eigenvalue weighted by atomic mass is 32.2. The van der Waals surface area contributed by atoms with Gasteiger partial charge in [0.15, 0.2) is 5.17 Å². The van der Waals surface area contributed by atoms with E-state index in [2.05, 4.69) is 10.3 Å². The smallest absolute Gasteiger partial charge is 0.153 e. The zero-order valence-electron chi connectivity index (χ0n) is 5.85. The standard InChI is InChI=1S/C5H13N3S/c1-7-3-4-9-5(6)8-2/h7H,3-4H2,1-2H3,(H2,6,8). The fraction of sp³-hybridized carbons (Fsp3) is 0.800. The second-order valence-electron chi connectivity index (χ2n) is 1.51. The third-order valence-electron chi connectivity index (χ3n) is 0.822. The van der Waals surface area contributed by atoms with Gasteiger partial charge in [0.2, 0.25) is 0 Å². The van der Waals surface area contributed by atoms with Crippen molar-refractivity contribution in [1.29, 1.82) is 0 Å². The topological polar surface area (TPSA) is 50.4 Å². The van der Waals surface area contributed by atoms with E-state index in [1.165, 1.54) is 0 Å². The summed E-state index contributed by atoms with van der Waals surface area (Å²) in [6.07, 6.45) is 0. The molecule has 4 heteroatoms. The Morgan fingerprint density at radius 2 is 2.44 bits per heavy atom. The summed E-state index contributed by atoms with van der Waals surface area (Å²) in [5.41, 5.74) is 5.40. The van der Waals surface area contributed by atoms with Gasteiger partial charge < -0.3 is 11.1 Å². The van der Waals surface area contributed by atoms with E-state index in [-0.39, 0.29) is 0 Å². The Morgan fingerprint density at radius 3 is 2.89 bits per heavy atom. The molecule has 0 bridgehead atoms. The van der Waals surface area contributed by atoms with Crippen LogP contribution in [0, 0.1) is 0 Å². The molecule has 3 N–H and O–H groups in total. The zero-order valence-corrected chi connectivity index (χ0v) is 6.66. The lowest BCUT2D eigenvalue weighted by molar-refractivity contribution is 0.873. The summed E-state index contributed by atoms with van der Waals surface area (Å²) in [7, 11) is 3.61. The maximum Gasteiger partial charge on any atom is 0.153 e. The average molecular weight is 147 g/mol. The van der Waals surface area contributed by atoms with E-state index in [1.54, 1.807) is 18.8 Å². The van der Waals surface area contributed by atoms with Crippen LogP contribution in [0.4, 0.5) is 0 Å². The molecule has 0 rings (SSSR count). The van der Waals surface area contributed by atoms with E-state index in [0.29, 0.717) is 5.17 Å². The van der Waals surface area contributed by atoms with E-state index >= 15 is 0 Å². The van der Waals surface area contributed by atoms with E-state index in [1.807, 2.05) is 7.05 Å². The molecule has 0 aromatic heterocycles. The molecule has 0 radical (unpaired) electrons. The second-order valence-corrected chi connectivity index (χ2v) is 2.63. The Morgan fingerprint density at radius 1 is 1.78 bits per heavy atom. The van der Waals surface area contributed by atoms with Crippen LogP contribution in [0.2, 0.25) is 0 Å². The zero-order chi connectivity index (χ0) is 7.11. The summed E-state index contributed by atoms with van der Waals surface area (Å²) in [5.74, 6) is 0.986. The van der Waals surface area contributed by atoms with Crippen LogP contribution in [0.3, 0.4) is 0 Å². The summed E-state index contributed by atoms with van der Waals surface area (Å²) in [5, 5.41) is 3.67. The first-order chi connectivity index (χ1) is 4.31. The fourth-order valence-electron chi connectivity index (χ4n) is 0.322. The first kappa shape index (κ1) is 8.78. The summed E-state index contributed by atoms with van der Waals surface area (Å²) in [6.45, 7) is 0.973. The Kier molecular flexibility index (Phi) is 5.76. The van der Waals surface area contributed by atoms with Crippen LogP contribution in [-0.4, -0.2) is 31.6 Å². The number of nitrogens with one attached hydrogen (secondary N) is 1. The van der Waals surface area contributed by atoms with Crippen molar-refractivity contribution in [2.24, 2.45) is 10.7 Å². The molecule has 0 aliphatic rings. The molecule has 0 saturated carbocycles. The molecule has 0 unspecified atom stereocenters. The van der Waals surface area contributed by atoms with Gasteiger partial charge in [0.05, 0.1) is 0 Å². The monoisotopic (exact) mass is 147 g/mol. The van der Waals surface area contributed by atoms with Gasteiger partial charge in [-0.15, -0.1) is 0 Å². The highest BCUT2D eigenvalue weighted by molar-refractivity contribution is 8.13. The predicted octanol–water partition coefficient (Wildman–Crippen LogP) is -0.116. The van der Waals surface area contributed by atoms with Gasteiger partial charge in [-0.25, -0.2) is 0 Å².